The smallest absolute Gasteiger partial charge is 0.382 e. The van der Waals surface area contributed by atoms with Crippen LogP contribution in [0.2, 0.25) is 10.0 Å². The van der Waals surface area contributed by atoms with Gasteiger partial charge in [-0.05, 0) is 19.1 Å². The van der Waals surface area contributed by atoms with Crippen molar-refractivity contribution in [3.05, 3.63) is 33.4 Å². The molecule has 0 saturated carbocycles. The second-order valence-electron chi connectivity index (χ2n) is 4.95. The predicted octanol–water partition coefficient (Wildman–Crippen LogP) is 5.19. The van der Waals surface area contributed by atoms with Gasteiger partial charge in [0.05, 0.1) is 21.3 Å². The molecule has 0 aliphatic rings. The number of benzene rings is 1. The van der Waals surface area contributed by atoms with E-state index in [-0.39, 0.29) is 11.4 Å². The molecule has 2 N–H and O–H groups in total. The lowest BCUT2D eigenvalue weighted by Crippen LogP contribution is -2.21. The second-order valence-corrected chi connectivity index (χ2v) is 10.7. The number of halogens is 8. The summed E-state index contributed by atoms with van der Waals surface area (Å²) in [6.45, 7) is 1.25. The summed E-state index contributed by atoms with van der Waals surface area (Å²) >= 11 is 28.2. The summed E-state index contributed by atoms with van der Waals surface area (Å²) in [5.74, 6) is -0.530. The molecule has 0 unspecified atom stereocenters. The van der Waals surface area contributed by atoms with Crippen molar-refractivity contribution in [1.29, 1.82) is 0 Å². The van der Waals surface area contributed by atoms with E-state index in [1.807, 2.05) is 0 Å². The Balaban J connectivity index is 2.76. The van der Waals surface area contributed by atoms with Gasteiger partial charge in [0.1, 0.15) is 16.4 Å². The molecule has 2 aromatic rings. The fraction of sp³-hybridized carbons (Fsp3) is 0.250. The summed E-state index contributed by atoms with van der Waals surface area (Å²) in [5.41, 5.74) is 4.26. The molecule has 0 aliphatic carbocycles. The lowest BCUT2D eigenvalue weighted by Gasteiger charge is -2.14. The van der Waals surface area contributed by atoms with Crippen LogP contribution in [0.3, 0.4) is 0 Å². The number of rotatable bonds is 2. The first-order chi connectivity index (χ1) is 11.6. The molecule has 14 heteroatoms. The van der Waals surface area contributed by atoms with Crippen LogP contribution in [0.5, 0.6) is 0 Å². The number of anilines is 1. The fourth-order valence-corrected chi connectivity index (χ4v) is 4.45. The van der Waals surface area contributed by atoms with Gasteiger partial charge < -0.3 is 5.73 Å². The largest absolute Gasteiger partial charge is 0.416 e. The van der Waals surface area contributed by atoms with Crippen molar-refractivity contribution in [1.82, 2.24) is 9.78 Å². The quantitative estimate of drug-likeness (QED) is 0.587. The van der Waals surface area contributed by atoms with E-state index in [0.29, 0.717) is 12.1 Å². The zero-order valence-corrected chi connectivity index (χ0v) is 17.0. The van der Waals surface area contributed by atoms with Crippen LogP contribution in [0.1, 0.15) is 11.3 Å². The van der Waals surface area contributed by atoms with E-state index in [1.54, 1.807) is 0 Å². The summed E-state index contributed by atoms with van der Waals surface area (Å²) in [6, 6.07) is 1.20. The Morgan fingerprint density at radius 3 is 1.96 bits per heavy atom. The zero-order valence-electron chi connectivity index (χ0n) is 12.4. The van der Waals surface area contributed by atoms with E-state index in [1.165, 1.54) is 6.92 Å². The monoisotopic (exact) mass is 489 g/mol. The molecule has 5 nitrogen and oxygen atoms in total. The van der Waals surface area contributed by atoms with E-state index in [0.717, 1.165) is 4.68 Å². The Labute approximate surface area is 170 Å². The molecule has 0 atom stereocenters. The Morgan fingerprint density at radius 2 is 1.58 bits per heavy atom. The van der Waals surface area contributed by atoms with Crippen molar-refractivity contribution in [2.45, 2.75) is 21.1 Å². The number of hydrogen-bond acceptors (Lipinski definition) is 4. The third-order valence-electron chi connectivity index (χ3n) is 3.17. The van der Waals surface area contributed by atoms with Gasteiger partial charge in [-0.1, -0.05) is 58.0 Å². The summed E-state index contributed by atoms with van der Waals surface area (Å²) < 4.78 is 61.2. The van der Waals surface area contributed by atoms with Crippen LogP contribution in [-0.4, -0.2) is 21.3 Å². The second kappa shape index (κ2) is 6.79. The highest BCUT2D eigenvalue weighted by atomic mass is 35.6. The number of hydrogen-bond donors (Lipinski definition) is 1. The highest BCUT2D eigenvalue weighted by Gasteiger charge is 2.43. The highest BCUT2D eigenvalue weighted by molar-refractivity contribution is 7.97. The summed E-state index contributed by atoms with van der Waals surface area (Å²) in [7, 11) is -4.56. The van der Waals surface area contributed by atoms with E-state index >= 15 is 0 Å². The SMILES string of the molecule is Cc1nn(-c2c(Cl)cc(C(F)(F)F)cc2Cl)c(N)c1S(=O)(=O)C(Cl)(Cl)Cl. The summed E-state index contributed by atoms with van der Waals surface area (Å²) in [6.07, 6.45) is -4.69. The van der Waals surface area contributed by atoms with Gasteiger partial charge in [0.15, 0.2) is 0 Å². The van der Waals surface area contributed by atoms with Gasteiger partial charge in [0, 0.05) is 0 Å². The van der Waals surface area contributed by atoms with Crippen molar-refractivity contribution < 1.29 is 21.6 Å². The Hall–Kier alpha value is -0.580. The van der Waals surface area contributed by atoms with Gasteiger partial charge in [0.25, 0.3) is 3.12 Å². The minimum absolute atomic E-state index is 0.166. The molecule has 1 aromatic carbocycles. The fourth-order valence-electron chi connectivity index (χ4n) is 2.08. The lowest BCUT2D eigenvalue weighted by molar-refractivity contribution is -0.137. The summed E-state index contributed by atoms with van der Waals surface area (Å²) in [4.78, 5) is -0.607. The van der Waals surface area contributed by atoms with Crippen LogP contribution in [0, 0.1) is 6.92 Å². The normalized spacial score (nSPS) is 13.3. The van der Waals surface area contributed by atoms with Crippen molar-refractivity contribution in [3.63, 3.8) is 0 Å². The van der Waals surface area contributed by atoms with Crippen molar-refractivity contribution >= 4 is 73.7 Å². The first-order valence-corrected chi connectivity index (χ1v) is 9.69. The van der Waals surface area contributed by atoms with Gasteiger partial charge in [-0.25, -0.2) is 13.1 Å². The molecule has 2 rings (SSSR count). The maximum Gasteiger partial charge on any atom is 0.416 e. The molecule has 0 aliphatic heterocycles. The van der Waals surface area contributed by atoms with Crippen molar-refractivity contribution in [2.75, 3.05) is 5.73 Å². The molecule has 0 spiro atoms. The van der Waals surface area contributed by atoms with E-state index in [4.69, 9.17) is 63.7 Å². The van der Waals surface area contributed by atoms with E-state index in [2.05, 4.69) is 5.10 Å². The standard InChI is InChI=1S/C12H7Cl5F3N3O2S/c1-4-9(26(24,25)12(15,16)17)10(21)23(22-4)8-6(13)2-5(3-7(8)14)11(18,19)20/h2-3H,21H2,1H3. The zero-order chi connectivity index (χ0) is 20.2. The maximum atomic E-state index is 12.8. The van der Waals surface area contributed by atoms with Crippen LogP contribution in [0.25, 0.3) is 5.69 Å². The number of nitrogens with zero attached hydrogens (tertiary/aromatic N) is 2. The molecule has 1 heterocycles. The molecule has 0 fully saturated rings. The molecule has 0 amide bonds. The molecule has 0 saturated heterocycles. The lowest BCUT2D eigenvalue weighted by atomic mass is 10.2. The van der Waals surface area contributed by atoms with Gasteiger partial charge >= 0.3 is 6.18 Å². The highest BCUT2D eigenvalue weighted by Crippen LogP contribution is 2.43. The Kier molecular flexibility index (Phi) is 5.67. The molecule has 0 radical (unpaired) electrons. The average Bonchev–Trinajstić information content (AvgIpc) is 2.71. The topological polar surface area (TPSA) is 78.0 Å². The van der Waals surface area contributed by atoms with Crippen molar-refractivity contribution in [2.24, 2.45) is 0 Å². The number of alkyl halides is 6. The first kappa shape index (κ1) is 21.7. The predicted molar refractivity (Wildman–Crippen MR) is 95.2 cm³/mol. The number of nitrogens with two attached hydrogens (primary N) is 1. The summed E-state index contributed by atoms with van der Waals surface area (Å²) in [5, 5.41) is 2.94. The Bertz CT molecular complexity index is 960. The van der Waals surface area contributed by atoms with Gasteiger partial charge in [-0.2, -0.15) is 18.3 Å². The van der Waals surface area contributed by atoms with Crippen LogP contribution in [0.4, 0.5) is 19.0 Å². The van der Waals surface area contributed by atoms with Crippen LogP contribution >= 0.6 is 58.0 Å². The number of nitrogen functional groups attached to an aromatic ring is 1. The molecular weight excluding hydrogens is 484 g/mol. The van der Waals surface area contributed by atoms with Crippen LogP contribution < -0.4 is 5.73 Å². The van der Waals surface area contributed by atoms with Crippen LogP contribution in [-0.2, 0) is 16.0 Å². The molecule has 0 bridgehead atoms. The third kappa shape index (κ3) is 3.70. The van der Waals surface area contributed by atoms with E-state index in [9.17, 15) is 21.6 Å². The Morgan fingerprint density at radius 1 is 1.12 bits per heavy atom. The molecule has 26 heavy (non-hydrogen) atoms. The minimum atomic E-state index is -4.69. The first-order valence-electron chi connectivity index (χ1n) is 6.32. The van der Waals surface area contributed by atoms with E-state index < -0.39 is 45.5 Å². The van der Waals surface area contributed by atoms with Gasteiger partial charge in [-0.15, -0.1) is 0 Å². The maximum absolute atomic E-state index is 12.8. The van der Waals surface area contributed by atoms with Gasteiger partial charge in [-0.3, -0.25) is 0 Å². The molecule has 144 valence electrons. The molecular formula is C12H7Cl5F3N3O2S. The third-order valence-corrected chi connectivity index (χ3v) is 7.22. The number of aryl methyl sites for hydroxylation is 1. The molecule has 1 aromatic heterocycles. The van der Waals surface area contributed by atoms with Gasteiger partial charge in [0.2, 0.25) is 9.84 Å². The number of aromatic nitrogens is 2. The number of sulfone groups is 1. The average molecular weight is 492 g/mol. The van der Waals surface area contributed by atoms with Crippen molar-refractivity contribution in [3.8, 4) is 5.69 Å². The van der Waals surface area contributed by atoms with Crippen LogP contribution in [0.15, 0.2) is 17.0 Å². The minimum Gasteiger partial charge on any atom is -0.382 e.